The van der Waals surface area contributed by atoms with Crippen molar-refractivity contribution in [1.29, 1.82) is 0 Å². The zero-order valence-electron chi connectivity index (χ0n) is 12.8. The van der Waals surface area contributed by atoms with E-state index in [1.54, 1.807) is 18.2 Å². The topological polar surface area (TPSA) is 55.0 Å². The summed E-state index contributed by atoms with van der Waals surface area (Å²) >= 11 is 12.3. The first-order valence-electron chi connectivity index (χ1n) is 7.28. The number of aromatic amines is 1. The Hall–Kier alpha value is -2.30. The van der Waals surface area contributed by atoms with Gasteiger partial charge in [0.15, 0.2) is 0 Å². The fraction of sp³-hybridized carbons (Fsp3) is 0.111. The van der Waals surface area contributed by atoms with Crippen molar-refractivity contribution in [3.63, 3.8) is 0 Å². The molecular formula is C18H14Cl2N2O2. The van der Waals surface area contributed by atoms with E-state index in [2.05, 4.69) is 10.2 Å². The van der Waals surface area contributed by atoms with Crippen LogP contribution in [0.3, 0.4) is 0 Å². The maximum absolute atomic E-state index is 11.1. The van der Waals surface area contributed by atoms with Crippen LogP contribution in [0.5, 0.6) is 11.5 Å². The summed E-state index contributed by atoms with van der Waals surface area (Å²) in [6.07, 6.45) is 0.554. The summed E-state index contributed by atoms with van der Waals surface area (Å²) in [7, 11) is 0. The predicted octanol–water partition coefficient (Wildman–Crippen LogP) is 4.77. The van der Waals surface area contributed by atoms with Gasteiger partial charge in [-0.2, -0.15) is 5.10 Å². The highest BCUT2D eigenvalue weighted by molar-refractivity contribution is 6.32. The van der Waals surface area contributed by atoms with E-state index in [-0.39, 0.29) is 5.56 Å². The molecule has 6 heteroatoms. The Kier molecular flexibility index (Phi) is 4.88. The van der Waals surface area contributed by atoms with E-state index >= 15 is 0 Å². The fourth-order valence-corrected chi connectivity index (χ4v) is 2.54. The largest absolute Gasteiger partial charge is 0.455 e. The second kappa shape index (κ2) is 7.07. The summed E-state index contributed by atoms with van der Waals surface area (Å²) in [5.41, 5.74) is 2.45. The van der Waals surface area contributed by atoms with E-state index in [1.165, 1.54) is 6.07 Å². The second-order valence-electron chi connectivity index (χ2n) is 5.37. The Balaban J connectivity index is 1.87. The highest BCUT2D eigenvalue weighted by Gasteiger charge is 2.09. The summed E-state index contributed by atoms with van der Waals surface area (Å²) in [5.74, 6) is 1.20. The zero-order chi connectivity index (χ0) is 17.1. The molecule has 1 N–H and O–H groups in total. The zero-order valence-corrected chi connectivity index (χ0v) is 14.4. The van der Waals surface area contributed by atoms with E-state index in [1.807, 2.05) is 31.2 Å². The maximum Gasteiger partial charge on any atom is 0.264 e. The van der Waals surface area contributed by atoms with Crippen molar-refractivity contribution in [3.05, 3.63) is 85.8 Å². The molecule has 24 heavy (non-hydrogen) atoms. The van der Waals surface area contributed by atoms with E-state index < -0.39 is 0 Å². The van der Waals surface area contributed by atoms with Gasteiger partial charge in [-0.1, -0.05) is 35.3 Å². The van der Waals surface area contributed by atoms with Gasteiger partial charge in [-0.25, -0.2) is 5.10 Å². The van der Waals surface area contributed by atoms with Gasteiger partial charge in [0.2, 0.25) is 0 Å². The molecule has 4 nitrogen and oxygen atoms in total. The van der Waals surface area contributed by atoms with Crippen LogP contribution in [0.15, 0.2) is 53.3 Å². The van der Waals surface area contributed by atoms with Crippen LogP contribution in [0.25, 0.3) is 0 Å². The van der Waals surface area contributed by atoms with Crippen LogP contribution in [0.2, 0.25) is 10.0 Å². The number of nitrogens with zero attached hydrogens (tertiary/aromatic N) is 1. The molecule has 0 fully saturated rings. The molecule has 1 heterocycles. The van der Waals surface area contributed by atoms with Gasteiger partial charge in [-0.3, -0.25) is 4.79 Å². The molecular weight excluding hydrogens is 347 g/mol. The number of ether oxygens (including phenoxy) is 1. The van der Waals surface area contributed by atoms with Gasteiger partial charge in [0.1, 0.15) is 11.5 Å². The first-order chi connectivity index (χ1) is 11.5. The molecule has 122 valence electrons. The van der Waals surface area contributed by atoms with Gasteiger partial charge in [-0.15, -0.1) is 0 Å². The third-order valence-corrected chi connectivity index (χ3v) is 4.04. The SMILES string of the molecule is Cc1ccc(Cl)cc1Oc1cc(Cc2ccc(=O)[nH]n2)ccc1Cl. The van der Waals surface area contributed by atoms with E-state index in [0.29, 0.717) is 28.0 Å². The molecule has 0 aliphatic heterocycles. The van der Waals surface area contributed by atoms with Gasteiger partial charge in [0.05, 0.1) is 10.7 Å². The van der Waals surface area contributed by atoms with Crippen molar-refractivity contribution in [3.8, 4) is 11.5 Å². The van der Waals surface area contributed by atoms with Gasteiger partial charge >= 0.3 is 0 Å². The first kappa shape index (κ1) is 16.6. The molecule has 0 unspecified atom stereocenters. The minimum atomic E-state index is -0.227. The number of aromatic nitrogens is 2. The third kappa shape index (κ3) is 3.96. The van der Waals surface area contributed by atoms with Crippen molar-refractivity contribution in [2.45, 2.75) is 13.3 Å². The molecule has 3 aromatic rings. The molecule has 0 saturated carbocycles. The van der Waals surface area contributed by atoms with E-state index in [4.69, 9.17) is 27.9 Å². The average molecular weight is 361 g/mol. The Bertz CT molecular complexity index is 918. The molecule has 0 atom stereocenters. The predicted molar refractivity (Wildman–Crippen MR) is 95.4 cm³/mol. The summed E-state index contributed by atoms with van der Waals surface area (Å²) in [6, 6.07) is 14.1. The van der Waals surface area contributed by atoms with Crippen LogP contribution in [-0.2, 0) is 6.42 Å². The number of hydrogen-bond acceptors (Lipinski definition) is 3. The summed E-state index contributed by atoms with van der Waals surface area (Å²) in [5, 5.41) is 7.53. The lowest BCUT2D eigenvalue weighted by molar-refractivity contribution is 0.478. The molecule has 2 aromatic carbocycles. The van der Waals surface area contributed by atoms with Crippen molar-refractivity contribution in [2.24, 2.45) is 0 Å². The van der Waals surface area contributed by atoms with Crippen LogP contribution in [0.4, 0.5) is 0 Å². The quantitative estimate of drug-likeness (QED) is 0.728. The number of H-pyrrole nitrogens is 1. The summed E-state index contributed by atoms with van der Waals surface area (Å²) in [4.78, 5) is 11.1. The molecule has 0 amide bonds. The van der Waals surface area contributed by atoms with Crippen LogP contribution < -0.4 is 10.3 Å². The standard InChI is InChI=1S/C18H14Cl2N2O2/c1-11-2-4-13(19)10-16(11)24-17-9-12(3-6-15(17)20)8-14-5-7-18(23)22-21-14/h2-7,9-10H,8H2,1H3,(H,22,23). The highest BCUT2D eigenvalue weighted by atomic mass is 35.5. The fourth-order valence-electron chi connectivity index (χ4n) is 2.22. The molecule has 3 rings (SSSR count). The Morgan fingerprint density at radius 1 is 1.04 bits per heavy atom. The average Bonchev–Trinajstić information content (AvgIpc) is 2.56. The van der Waals surface area contributed by atoms with Crippen molar-refractivity contribution in [1.82, 2.24) is 10.2 Å². The summed E-state index contributed by atoms with van der Waals surface area (Å²) in [6.45, 7) is 1.94. The lowest BCUT2D eigenvalue weighted by Crippen LogP contribution is -2.07. The van der Waals surface area contributed by atoms with Gasteiger partial charge in [-0.05, 0) is 48.4 Å². The normalized spacial score (nSPS) is 10.6. The number of rotatable bonds is 4. The third-order valence-electron chi connectivity index (χ3n) is 3.49. The summed E-state index contributed by atoms with van der Waals surface area (Å²) < 4.78 is 5.92. The maximum atomic E-state index is 11.1. The van der Waals surface area contributed by atoms with Crippen LogP contribution in [0.1, 0.15) is 16.8 Å². The number of aryl methyl sites for hydroxylation is 1. The molecule has 1 aromatic heterocycles. The lowest BCUT2D eigenvalue weighted by Gasteiger charge is -2.12. The number of hydrogen-bond donors (Lipinski definition) is 1. The highest BCUT2D eigenvalue weighted by Crippen LogP contribution is 2.33. The van der Waals surface area contributed by atoms with Gasteiger partial charge in [0.25, 0.3) is 5.56 Å². The molecule has 0 spiro atoms. The molecule has 0 saturated heterocycles. The molecule has 0 aliphatic rings. The number of halogens is 2. The molecule has 0 radical (unpaired) electrons. The Labute approximate surface area is 149 Å². The minimum Gasteiger partial charge on any atom is -0.455 e. The van der Waals surface area contributed by atoms with Crippen molar-refractivity contribution in [2.75, 3.05) is 0 Å². The Morgan fingerprint density at radius 2 is 1.88 bits per heavy atom. The van der Waals surface area contributed by atoms with Crippen LogP contribution in [0, 0.1) is 6.92 Å². The van der Waals surface area contributed by atoms with E-state index in [0.717, 1.165) is 16.8 Å². The van der Waals surface area contributed by atoms with Crippen LogP contribution in [-0.4, -0.2) is 10.2 Å². The van der Waals surface area contributed by atoms with Gasteiger partial charge in [0, 0.05) is 17.5 Å². The Morgan fingerprint density at radius 3 is 2.62 bits per heavy atom. The monoisotopic (exact) mass is 360 g/mol. The minimum absolute atomic E-state index is 0.227. The van der Waals surface area contributed by atoms with Crippen molar-refractivity contribution < 1.29 is 4.74 Å². The van der Waals surface area contributed by atoms with Crippen LogP contribution >= 0.6 is 23.2 Å². The first-order valence-corrected chi connectivity index (χ1v) is 8.04. The lowest BCUT2D eigenvalue weighted by atomic mass is 10.1. The smallest absolute Gasteiger partial charge is 0.264 e. The number of nitrogens with one attached hydrogen (secondary N) is 1. The molecule has 0 bridgehead atoms. The molecule has 0 aliphatic carbocycles. The van der Waals surface area contributed by atoms with Gasteiger partial charge < -0.3 is 4.74 Å². The second-order valence-corrected chi connectivity index (χ2v) is 6.21. The number of benzene rings is 2. The van der Waals surface area contributed by atoms with Crippen molar-refractivity contribution >= 4 is 23.2 Å². The van der Waals surface area contributed by atoms with E-state index in [9.17, 15) is 4.79 Å².